The van der Waals surface area contributed by atoms with Crippen LogP contribution in [-0.4, -0.2) is 31.5 Å². The minimum atomic E-state index is -0.128. The van der Waals surface area contributed by atoms with Crippen LogP contribution < -0.4 is 9.47 Å². The Morgan fingerprint density at radius 1 is 1.00 bits per heavy atom. The quantitative estimate of drug-likeness (QED) is 0.266. The van der Waals surface area contributed by atoms with E-state index in [0.717, 1.165) is 32.7 Å². The van der Waals surface area contributed by atoms with E-state index in [1.54, 1.807) is 29.4 Å². The molecule has 0 saturated heterocycles. The van der Waals surface area contributed by atoms with Crippen LogP contribution in [-0.2, 0) is 4.79 Å². The first-order chi connectivity index (χ1) is 16.1. The SMILES string of the molecule is COc1ccc(C=CC(=O)N(C)CCC(Oc2cccc3ccccc23)c2cccs2)cc1. The van der Waals surface area contributed by atoms with Crippen molar-refractivity contribution in [1.82, 2.24) is 4.90 Å². The van der Waals surface area contributed by atoms with Gasteiger partial charge in [0.2, 0.25) is 5.91 Å². The maximum absolute atomic E-state index is 12.6. The molecule has 4 aromatic rings. The van der Waals surface area contributed by atoms with Crippen LogP contribution in [0.1, 0.15) is 23.0 Å². The van der Waals surface area contributed by atoms with Crippen LogP contribution in [0.4, 0.5) is 0 Å². The fourth-order valence-electron chi connectivity index (χ4n) is 3.62. The highest BCUT2D eigenvalue weighted by molar-refractivity contribution is 7.10. The standard InChI is InChI=1S/C28H27NO3S/c1-29(28(30)17-14-21-12-15-23(31-2)16-13-21)19-18-26(27-11-6-20-33-27)32-25-10-5-8-22-7-3-4-9-24(22)25/h3-17,20,26H,18-19H2,1-2H3. The second-order valence-corrected chi connectivity index (χ2v) is 8.73. The Balaban J connectivity index is 1.42. The first kappa shape index (κ1) is 22.6. The van der Waals surface area contributed by atoms with E-state index in [0.29, 0.717) is 13.0 Å². The fraction of sp³-hybridized carbons (Fsp3) is 0.179. The molecule has 0 fully saturated rings. The van der Waals surface area contributed by atoms with Crippen molar-refractivity contribution in [3.8, 4) is 11.5 Å². The molecule has 0 aliphatic carbocycles. The Hall–Kier alpha value is -3.57. The van der Waals surface area contributed by atoms with Gasteiger partial charge in [0.15, 0.2) is 0 Å². The highest BCUT2D eigenvalue weighted by atomic mass is 32.1. The number of methoxy groups -OCH3 is 1. The number of nitrogens with zero attached hydrogens (tertiary/aromatic N) is 1. The predicted molar refractivity (Wildman–Crippen MR) is 136 cm³/mol. The van der Waals surface area contributed by atoms with Crippen LogP contribution in [0.15, 0.2) is 90.3 Å². The molecule has 33 heavy (non-hydrogen) atoms. The highest BCUT2D eigenvalue weighted by Crippen LogP contribution is 2.32. The Kier molecular flexibility index (Phi) is 7.43. The monoisotopic (exact) mass is 457 g/mol. The maximum Gasteiger partial charge on any atom is 0.246 e. The van der Waals surface area contributed by atoms with Gasteiger partial charge < -0.3 is 14.4 Å². The molecule has 1 unspecified atom stereocenters. The molecule has 1 atom stereocenters. The van der Waals surface area contributed by atoms with Crippen LogP contribution in [0.5, 0.6) is 11.5 Å². The second-order valence-electron chi connectivity index (χ2n) is 7.75. The lowest BCUT2D eigenvalue weighted by molar-refractivity contribution is -0.124. The molecule has 1 aromatic heterocycles. The number of likely N-dealkylation sites (N-methyl/N-ethyl adjacent to an activating group) is 1. The maximum atomic E-state index is 12.6. The van der Waals surface area contributed by atoms with Crippen LogP contribution in [0.25, 0.3) is 16.8 Å². The van der Waals surface area contributed by atoms with E-state index in [9.17, 15) is 4.79 Å². The minimum absolute atomic E-state index is 0.0408. The summed E-state index contributed by atoms with van der Waals surface area (Å²) in [4.78, 5) is 15.5. The summed E-state index contributed by atoms with van der Waals surface area (Å²) in [6, 6.07) is 26.1. The normalized spacial score (nSPS) is 12.1. The number of hydrogen-bond donors (Lipinski definition) is 0. The average molecular weight is 458 g/mol. The zero-order valence-electron chi connectivity index (χ0n) is 18.8. The Morgan fingerprint density at radius 3 is 2.55 bits per heavy atom. The number of hydrogen-bond acceptors (Lipinski definition) is 4. The van der Waals surface area contributed by atoms with E-state index in [-0.39, 0.29) is 12.0 Å². The molecule has 1 heterocycles. The third-order valence-corrected chi connectivity index (χ3v) is 6.48. The van der Waals surface area contributed by atoms with Gasteiger partial charge in [-0.05, 0) is 46.7 Å². The first-order valence-electron chi connectivity index (χ1n) is 10.9. The van der Waals surface area contributed by atoms with Gasteiger partial charge in [-0.15, -0.1) is 11.3 Å². The number of carbonyl (C=O) groups excluding carboxylic acids is 1. The molecule has 0 bridgehead atoms. The van der Waals surface area contributed by atoms with Crippen molar-refractivity contribution in [2.45, 2.75) is 12.5 Å². The topological polar surface area (TPSA) is 38.8 Å². The van der Waals surface area contributed by atoms with Crippen molar-refractivity contribution >= 4 is 34.1 Å². The van der Waals surface area contributed by atoms with Gasteiger partial charge >= 0.3 is 0 Å². The van der Waals surface area contributed by atoms with E-state index in [1.165, 1.54) is 0 Å². The third-order valence-electron chi connectivity index (χ3n) is 5.52. The fourth-order valence-corrected chi connectivity index (χ4v) is 4.41. The molecule has 0 aliphatic heterocycles. The van der Waals surface area contributed by atoms with Crippen LogP contribution >= 0.6 is 11.3 Å². The molecule has 0 aliphatic rings. The van der Waals surface area contributed by atoms with Crippen LogP contribution in [0.2, 0.25) is 0 Å². The van der Waals surface area contributed by atoms with Crippen molar-refractivity contribution in [1.29, 1.82) is 0 Å². The molecule has 1 amide bonds. The number of amides is 1. The zero-order chi connectivity index (χ0) is 23.0. The molecule has 0 spiro atoms. The molecule has 5 heteroatoms. The van der Waals surface area contributed by atoms with Gasteiger partial charge in [0.05, 0.1) is 7.11 Å². The summed E-state index contributed by atoms with van der Waals surface area (Å²) in [6.45, 7) is 0.582. The molecule has 0 radical (unpaired) electrons. The molecule has 4 rings (SSSR count). The zero-order valence-corrected chi connectivity index (χ0v) is 19.6. The number of fused-ring (bicyclic) bond motifs is 1. The lowest BCUT2D eigenvalue weighted by Gasteiger charge is -2.22. The second kappa shape index (κ2) is 10.8. The molecule has 3 aromatic carbocycles. The third kappa shape index (κ3) is 5.82. The number of benzene rings is 3. The summed E-state index contributed by atoms with van der Waals surface area (Å²) in [5.41, 5.74) is 0.952. The van der Waals surface area contributed by atoms with Gasteiger partial charge in [0.1, 0.15) is 17.6 Å². The predicted octanol–water partition coefficient (Wildman–Crippen LogP) is 6.59. The van der Waals surface area contributed by atoms with Gasteiger partial charge in [0, 0.05) is 36.4 Å². The number of ether oxygens (including phenoxy) is 2. The lowest BCUT2D eigenvalue weighted by Crippen LogP contribution is -2.27. The van der Waals surface area contributed by atoms with Gasteiger partial charge in [-0.3, -0.25) is 4.79 Å². The molecule has 4 nitrogen and oxygen atoms in total. The largest absolute Gasteiger partial charge is 0.497 e. The minimum Gasteiger partial charge on any atom is -0.497 e. The summed E-state index contributed by atoms with van der Waals surface area (Å²) in [5.74, 6) is 1.61. The van der Waals surface area contributed by atoms with Crippen LogP contribution in [0.3, 0.4) is 0 Å². The van der Waals surface area contributed by atoms with Crippen molar-refractivity contribution in [3.63, 3.8) is 0 Å². The van der Waals surface area contributed by atoms with E-state index in [4.69, 9.17) is 9.47 Å². The number of carbonyl (C=O) groups is 1. The van der Waals surface area contributed by atoms with Gasteiger partial charge in [-0.2, -0.15) is 0 Å². The highest BCUT2D eigenvalue weighted by Gasteiger charge is 2.18. The smallest absolute Gasteiger partial charge is 0.246 e. The van der Waals surface area contributed by atoms with Crippen molar-refractivity contribution in [2.75, 3.05) is 20.7 Å². The summed E-state index contributed by atoms with van der Waals surface area (Å²) in [7, 11) is 3.46. The summed E-state index contributed by atoms with van der Waals surface area (Å²) >= 11 is 1.67. The molecule has 0 saturated carbocycles. The first-order valence-corrected chi connectivity index (χ1v) is 11.8. The van der Waals surface area contributed by atoms with Crippen molar-refractivity contribution < 1.29 is 14.3 Å². The average Bonchev–Trinajstić information content (AvgIpc) is 3.40. The molecule has 0 N–H and O–H groups in total. The Bertz CT molecular complexity index is 1210. The Morgan fingerprint density at radius 2 is 1.79 bits per heavy atom. The summed E-state index contributed by atoms with van der Waals surface area (Å²) in [6.07, 6.45) is 3.99. The van der Waals surface area contributed by atoms with E-state index in [1.807, 2.05) is 67.7 Å². The lowest BCUT2D eigenvalue weighted by atomic mass is 10.1. The van der Waals surface area contributed by atoms with Gasteiger partial charge in [0.25, 0.3) is 0 Å². The number of thiophene rings is 1. The van der Waals surface area contributed by atoms with Crippen molar-refractivity contribution in [2.24, 2.45) is 0 Å². The van der Waals surface area contributed by atoms with Gasteiger partial charge in [-0.25, -0.2) is 0 Å². The van der Waals surface area contributed by atoms with Crippen molar-refractivity contribution in [3.05, 3.63) is 101 Å². The summed E-state index contributed by atoms with van der Waals surface area (Å²) < 4.78 is 11.7. The molecule has 168 valence electrons. The summed E-state index contributed by atoms with van der Waals surface area (Å²) in [5, 5.41) is 4.30. The van der Waals surface area contributed by atoms with E-state index in [2.05, 4.69) is 29.6 Å². The number of rotatable bonds is 9. The van der Waals surface area contributed by atoms with Gasteiger partial charge in [-0.1, -0.05) is 54.6 Å². The van der Waals surface area contributed by atoms with E-state index >= 15 is 0 Å². The molecular formula is C28H27NO3S. The van der Waals surface area contributed by atoms with E-state index < -0.39 is 0 Å². The molecular weight excluding hydrogens is 430 g/mol. The van der Waals surface area contributed by atoms with Crippen LogP contribution in [0, 0.1) is 0 Å². The Labute approximate surface area is 198 Å².